The molecule has 0 unspecified atom stereocenters. The zero-order valence-electron chi connectivity index (χ0n) is 16.7. The van der Waals surface area contributed by atoms with E-state index in [4.69, 9.17) is 4.18 Å². The van der Waals surface area contributed by atoms with Gasteiger partial charge >= 0.3 is 16.3 Å². The van der Waals surface area contributed by atoms with Crippen LogP contribution in [0.15, 0.2) is 82.8 Å². The Labute approximate surface area is 201 Å². The van der Waals surface area contributed by atoms with Gasteiger partial charge < -0.3 is 4.18 Å². The first-order valence-electron chi connectivity index (χ1n) is 9.32. The van der Waals surface area contributed by atoms with Gasteiger partial charge in [-0.05, 0) is 76.7 Å². The highest BCUT2D eigenvalue weighted by Crippen LogP contribution is 2.30. The highest BCUT2D eigenvalue weighted by atomic mass is 127. The van der Waals surface area contributed by atoms with E-state index in [9.17, 15) is 26.4 Å². The van der Waals surface area contributed by atoms with E-state index in [1.165, 1.54) is 24.4 Å². The van der Waals surface area contributed by atoms with Gasteiger partial charge in [-0.2, -0.15) is 26.7 Å². The Hall–Kier alpha value is -2.93. The van der Waals surface area contributed by atoms with E-state index in [0.29, 0.717) is 12.1 Å². The maximum absolute atomic E-state index is 12.7. The molecule has 0 saturated heterocycles. The van der Waals surface area contributed by atoms with Crippen molar-refractivity contribution in [1.82, 2.24) is 5.43 Å². The van der Waals surface area contributed by atoms with E-state index >= 15 is 0 Å². The number of hydrogen-bond donors (Lipinski definition) is 1. The molecule has 0 aliphatic heterocycles. The van der Waals surface area contributed by atoms with Crippen LogP contribution in [0.1, 0.15) is 16.7 Å². The van der Waals surface area contributed by atoms with Gasteiger partial charge in [0.1, 0.15) is 4.90 Å². The van der Waals surface area contributed by atoms with Crippen molar-refractivity contribution in [2.45, 2.75) is 17.5 Å². The van der Waals surface area contributed by atoms with E-state index in [2.05, 4.69) is 33.1 Å². The number of alkyl halides is 3. The normalized spacial score (nSPS) is 12.0. The molecule has 11 heteroatoms. The Kier molecular flexibility index (Phi) is 7.74. The average molecular weight is 588 g/mol. The predicted octanol–water partition coefficient (Wildman–Crippen LogP) is 4.77. The minimum atomic E-state index is -4.59. The van der Waals surface area contributed by atoms with E-state index < -0.39 is 26.8 Å². The van der Waals surface area contributed by atoms with Gasteiger partial charge in [-0.25, -0.2) is 5.43 Å². The second-order valence-corrected chi connectivity index (χ2v) is 9.49. The van der Waals surface area contributed by atoms with Gasteiger partial charge in [-0.3, -0.25) is 4.79 Å². The molecule has 0 spiro atoms. The largest absolute Gasteiger partial charge is 0.416 e. The fourth-order valence-corrected chi connectivity index (χ4v) is 3.95. The molecule has 0 atom stereocenters. The summed E-state index contributed by atoms with van der Waals surface area (Å²) in [4.78, 5) is 11.6. The minimum absolute atomic E-state index is 0.104. The van der Waals surface area contributed by atoms with Gasteiger partial charge in [-0.1, -0.05) is 24.3 Å². The molecule has 0 heterocycles. The summed E-state index contributed by atoms with van der Waals surface area (Å²) in [7, 11) is -4.40. The SMILES string of the molecule is O=C(Cc1ccc(I)cc1)N/N=C/c1ccccc1OS(=O)(=O)c1ccc(C(F)(F)F)cc1. The van der Waals surface area contributed by atoms with Crippen LogP contribution >= 0.6 is 22.6 Å². The van der Waals surface area contributed by atoms with Crippen LogP contribution in [-0.4, -0.2) is 20.5 Å². The highest BCUT2D eigenvalue weighted by molar-refractivity contribution is 14.1. The monoisotopic (exact) mass is 588 g/mol. The molecule has 0 radical (unpaired) electrons. The van der Waals surface area contributed by atoms with Gasteiger partial charge in [0.05, 0.1) is 18.2 Å². The average Bonchev–Trinajstić information content (AvgIpc) is 2.76. The molecule has 0 fully saturated rings. The molecule has 0 bridgehead atoms. The van der Waals surface area contributed by atoms with Crippen LogP contribution in [-0.2, 0) is 27.5 Å². The molecule has 0 aliphatic rings. The van der Waals surface area contributed by atoms with E-state index in [1.54, 1.807) is 6.07 Å². The zero-order valence-corrected chi connectivity index (χ0v) is 19.7. The third-order valence-corrected chi connectivity index (χ3v) is 6.23. The number of benzene rings is 3. The molecule has 0 saturated carbocycles. The Bertz CT molecular complexity index is 1260. The summed E-state index contributed by atoms with van der Waals surface area (Å²) in [5, 5.41) is 3.83. The summed E-state index contributed by atoms with van der Waals surface area (Å²) in [5.74, 6) is -0.476. The van der Waals surface area contributed by atoms with Crippen molar-refractivity contribution in [3.05, 3.63) is 93.1 Å². The first-order valence-corrected chi connectivity index (χ1v) is 11.8. The van der Waals surface area contributed by atoms with Gasteiger partial charge in [0.25, 0.3) is 0 Å². The second-order valence-electron chi connectivity index (χ2n) is 6.69. The van der Waals surface area contributed by atoms with Crippen molar-refractivity contribution in [2.24, 2.45) is 5.10 Å². The maximum Gasteiger partial charge on any atom is 0.416 e. The molecule has 172 valence electrons. The standard InChI is InChI=1S/C22H16F3IN2O4S/c23-22(24,25)17-7-11-19(12-8-17)33(30,31)32-20-4-2-1-3-16(20)14-27-28-21(29)13-15-5-9-18(26)10-6-15/h1-12,14H,13H2,(H,28,29)/b27-14+. The van der Waals surface area contributed by atoms with Crippen LogP contribution in [0, 0.1) is 3.57 Å². The molecule has 3 aromatic carbocycles. The van der Waals surface area contributed by atoms with Gasteiger partial charge in [0.2, 0.25) is 5.91 Å². The molecule has 1 amide bonds. The number of amides is 1. The minimum Gasteiger partial charge on any atom is -0.378 e. The first kappa shape index (κ1) is 24.7. The van der Waals surface area contributed by atoms with Crippen molar-refractivity contribution in [3.8, 4) is 5.75 Å². The molecule has 3 rings (SSSR count). The van der Waals surface area contributed by atoms with Crippen LogP contribution in [0.25, 0.3) is 0 Å². The summed E-state index contributed by atoms with van der Waals surface area (Å²) in [6.07, 6.45) is -3.27. The van der Waals surface area contributed by atoms with Crippen molar-refractivity contribution >= 4 is 44.8 Å². The third kappa shape index (κ3) is 7.02. The van der Waals surface area contributed by atoms with Gasteiger partial charge in [0, 0.05) is 9.13 Å². The predicted molar refractivity (Wildman–Crippen MR) is 124 cm³/mol. The molecule has 3 aromatic rings. The molecular weight excluding hydrogens is 572 g/mol. The zero-order chi connectivity index (χ0) is 24.1. The summed E-state index contributed by atoms with van der Waals surface area (Å²) in [6, 6.07) is 16.3. The molecule has 1 N–H and O–H groups in total. The lowest BCUT2D eigenvalue weighted by atomic mass is 10.1. The molecule has 0 aliphatic carbocycles. The maximum atomic E-state index is 12.7. The van der Waals surface area contributed by atoms with Crippen molar-refractivity contribution in [2.75, 3.05) is 0 Å². The van der Waals surface area contributed by atoms with Crippen molar-refractivity contribution < 1.29 is 30.6 Å². The van der Waals surface area contributed by atoms with E-state index in [1.807, 2.05) is 24.3 Å². The quantitative estimate of drug-likeness (QED) is 0.187. The summed E-state index contributed by atoms with van der Waals surface area (Å²) in [5.41, 5.74) is 2.42. The summed E-state index contributed by atoms with van der Waals surface area (Å²) < 4.78 is 69.3. The Morgan fingerprint density at radius 1 is 1.00 bits per heavy atom. The van der Waals surface area contributed by atoms with Crippen molar-refractivity contribution in [3.63, 3.8) is 0 Å². The molecule has 6 nitrogen and oxygen atoms in total. The lowest BCUT2D eigenvalue weighted by Crippen LogP contribution is -2.19. The van der Waals surface area contributed by atoms with Crippen LogP contribution < -0.4 is 9.61 Å². The topological polar surface area (TPSA) is 84.8 Å². The van der Waals surface area contributed by atoms with E-state index in [0.717, 1.165) is 21.3 Å². The fourth-order valence-electron chi connectivity index (χ4n) is 2.64. The van der Waals surface area contributed by atoms with Gasteiger partial charge in [0.15, 0.2) is 5.75 Å². The Morgan fingerprint density at radius 2 is 1.64 bits per heavy atom. The number of rotatable bonds is 7. The summed E-state index contributed by atoms with van der Waals surface area (Å²) >= 11 is 2.16. The number of hydrazone groups is 1. The van der Waals surface area contributed by atoms with Crippen LogP contribution in [0.4, 0.5) is 13.2 Å². The molecule has 0 aromatic heterocycles. The number of carbonyl (C=O) groups excluding carboxylic acids is 1. The van der Waals surface area contributed by atoms with Crippen LogP contribution in [0.3, 0.4) is 0 Å². The Morgan fingerprint density at radius 3 is 2.27 bits per heavy atom. The highest BCUT2D eigenvalue weighted by Gasteiger charge is 2.31. The van der Waals surface area contributed by atoms with Crippen LogP contribution in [0.5, 0.6) is 5.75 Å². The number of hydrogen-bond acceptors (Lipinski definition) is 5. The molecular formula is C22H16F3IN2O4S. The number of para-hydroxylation sites is 1. The first-order chi connectivity index (χ1) is 15.5. The smallest absolute Gasteiger partial charge is 0.378 e. The Balaban J connectivity index is 1.69. The second kappa shape index (κ2) is 10.3. The van der Waals surface area contributed by atoms with Crippen molar-refractivity contribution in [1.29, 1.82) is 0 Å². The number of halogens is 4. The van der Waals surface area contributed by atoms with E-state index in [-0.39, 0.29) is 23.6 Å². The number of nitrogens with zero attached hydrogens (tertiary/aromatic N) is 1. The summed E-state index contributed by atoms with van der Waals surface area (Å²) in [6.45, 7) is 0. The number of carbonyl (C=O) groups is 1. The fraction of sp³-hybridized carbons (Fsp3) is 0.0909. The van der Waals surface area contributed by atoms with Crippen LogP contribution in [0.2, 0.25) is 0 Å². The molecule has 33 heavy (non-hydrogen) atoms. The lowest BCUT2D eigenvalue weighted by Gasteiger charge is -2.11. The lowest BCUT2D eigenvalue weighted by molar-refractivity contribution is -0.137. The van der Waals surface area contributed by atoms with Gasteiger partial charge in [-0.15, -0.1) is 0 Å². The number of nitrogens with one attached hydrogen (secondary N) is 1. The third-order valence-electron chi connectivity index (χ3n) is 4.26.